The van der Waals surface area contributed by atoms with E-state index in [9.17, 15) is 4.79 Å². The van der Waals surface area contributed by atoms with Gasteiger partial charge in [-0.2, -0.15) is 0 Å². The summed E-state index contributed by atoms with van der Waals surface area (Å²) in [6, 6.07) is 16.2. The van der Waals surface area contributed by atoms with Crippen molar-refractivity contribution in [1.29, 1.82) is 0 Å². The predicted molar refractivity (Wildman–Crippen MR) is 111 cm³/mol. The highest BCUT2D eigenvalue weighted by Crippen LogP contribution is 2.23. The van der Waals surface area contributed by atoms with Crippen LogP contribution in [0.4, 0.5) is 0 Å². The number of fused-ring (bicyclic) bond motifs is 1. The molecule has 0 spiro atoms. The van der Waals surface area contributed by atoms with Crippen molar-refractivity contribution in [2.24, 2.45) is 5.92 Å². The van der Waals surface area contributed by atoms with E-state index in [-0.39, 0.29) is 12.5 Å². The lowest BCUT2D eigenvalue weighted by Gasteiger charge is -2.38. The monoisotopic (exact) mass is 382 g/mol. The molecule has 1 aliphatic rings. The summed E-state index contributed by atoms with van der Waals surface area (Å²) in [5.74, 6) is 1.77. The molecule has 0 fully saturated rings. The van der Waals surface area contributed by atoms with Crippen molar-refractivity contribution >= 4 is 5.91 Å². The number of nitrogens with one attached hydrogen (secondary N) is 1. The van der Waals surface area contributed by atoms with Gasteiger partial charge < -0.3 is 14.8 Å². The fourth-order valence-electron chi connectivity index (χ4n) is 3.68. The van der Waals surface area contributed by atoms with Crippen LogP contribution in [0, 0.1) is 5.92 Å². The van der Waals surface area contributed by atoms with E-state index < -0.39 is 0 Å². The van der Waals surface area contributed by atoms with E-state index in [1.807, 2.05) is 12.1 Å². The predicted octanol–water partition coefficient (Wildman–Crippen LogP) is 3.27. The third kappa shape index (κ3) is 5.26. The molecule has 1 atom stereocenters. The third-order valence-corrected chi connectivity index (χ3v) is 5.34. The molecule has 1 amide bonds. The Morgan fingerprint density at radius 3 is 2.43 bits per heavy atom. The molecule has 0 saturated heterocycles. The van der Waals surface area contributed by atoms with Crippen LogP contribution in [0.1, 0.15) is 25.0 Å². The van der Waals surface area contributed by atoms with Crippen molar-refractivity contribution in [1.82, 2.24) is 10.2 Å². The first kappa shape index (κ1) is 20.2. The maximum Gasteiger partial charge on any atom is 0.257 e. The standard InChI is InChI=1S/C23H30N2O3/c1-17(2)22(25-13-12-18-6-4-5-7-19(18)15-25)14-24-23(26)16-28-21-10-8-20(27-3)9-11-21/h4-11,17,22H,12-16H2,1-3H3,(H,24,26). The first-order valence-corrected chi connectivity index (χ1v) is 9.91. The SMILES string of the molecule is COc1ccc(OCC(=O)NCC(C(C)C)N2CCc3ccccc3C2)cc1. The van der Waals surface area contributed by atoms with Crippen LogP contribution in [0.5, 0.6) is 11.5 Å². The minimum atomic E-state index is -0.0983. The summed E-state index contributed by atoms with van der Waals surface area (Å²) in [5.41, 5.74) is 2.84. The fourth-order valence-corrected chi connectivity index (χ4v) is 3.68. The molecule has 2 aromatic rings. The zero-order chi connectivity index (χ0) is 19.9. The molecule has 5 nitrogen and oxygen atoms in total. The molecule has 3 rings (SSSR count). The molecule has 0 bridgehead atoms. The van der Waals surface area contributed by atoms with Gasteiger partial charge in [0.15, 0.2) is 6.61 Å². The number of amides is 1. The highest BCUT2D eigenvalue weighted by atomic mass is 16.5. The number of ether oxygens (including phenoxy) is 2. The zero-order valence-electron chi connectivity index (χ0n) is 17.0. The molecular weight excluding hydrogens is 352 g/mol. The normalized spacial score (nSPS) is 15.0. The van der Waals surface area contributed by atoms with Gasteiger partial charge in [-0.3, -0.25) is 9.69 Å². The highest BCUT2D eigenvalue weighted by molar-refractivity contribution is 5.77. The van der Waals surface area contributed by atoms with Crippen molar-refractivity contribution in [2.45, 2.75) is 32.9 Å². The second kappa shape index (κ2) is 9.60. The van der Waals surface area contributed by atoms with E-state index in [0.29, 0.717) is 24.3 Å². The molecule has 0 aromatic heterocycles. The highest BCUT2D eigenvalue weighted by Gasteiger charge is 2.26. The van der Waals surface area contributed by atoms with Crippen LogP contribution in [0.3, 0.4) is 0 Å². The molecule has 5 heteroatoms. The van der Waals surface area contributed by atoms with Gasteiger partial charge in [0.25, 0.3) is 5.91 Å². The second-order valence-corrected chi connectivity index (χ2v) is 7.57. The van der Waals surface area contributed by atoms with E-state index >= 15 is 0 Å². The second-order valence-electron chi connectivity index (χ2n) is 7.57. The Balaban J connectivity index is 1.50. The number of hydrogen-bond acceptors (Lipinski definition) is 4. The number of rotatable bonds is 8. The molecule has 0 saturated carbocycles. The van der Waals surface area contributed by atoms with Crippen molar-refractivity contribution in [3.63, 3.8) is 0 Å². The fraction of sp³-hybridized carbons (Fsp3) is 0.435. The summed E-state index contributed by atoms with van der Waals surface area (Å²) in [7, 11) is 1.62. The Labute approximate surface area is 167 Å². The minimum absolute atomic E-state index is 0.0139. The van der Waals surface area contributed by atoms with Gasteiger partial charge in [0.2, 0.25) is 0 Å². The number of benzene rings is 2. The summed E-state index contributed by atoms with van der Waals surface area (Å²) >= 11 is 0. The van der Waals surface area contributed by atoms with E-state index in [4.69, 9.17) is 9.47 Å². The van der Waals surface area contributed by atoms with Gasteiger partial charge in [0.05, 0.1) is 7.11 Å². The molecular formula is C23H30N2O3. The molecule has 28 heavy (non-hydrogen) atoms. The van der Waals surface area contributed by atoms with Gasteiger partial charge in [-0.25, -0.2) is 0 Å². The Hall–Kier alpha value is -2.53. The lowest BCUT2D eigenvalue weighted by molar-refractivity contribution is -0.123. The molecule has 0 aliphatic carbocycles. The molecule has 1 unspecified atom stereocenters. The Bertz CT molecular complexity index is 774. The topological polar surface area (TPSA) is 50.8 Å². The van der Waals surface area contributed by atoms with E-state index in [2.05, 4.69) is 48.3 Å². The van der Waals surface area contributed by atoms with Crippen LogP contribution < -0.4 is 14.8 Å². The molecule has 1 heterocycles. The zero-order valence-corrected chi connectivity index (χ0v) is 17.0. The Morgan fingerprint density at radius 1 is 1.07 bits per heavy atom. The smallest absolute Gasteiger partial charge is 0.257 e. The summed E-state index contributed by atoms with van der Waals surface area (Å²) in [6.07, 6.45) is 1.06. The first-order chi connectivity index (χ1) is 13.6. The van der Waals surface area contributed by atoms with Crippen LogP contribution in [0.2, 0.25) is 0 Å². The van der Waals surface area contributed by atoms with Crippen LogP contribution >= 0.6 is 0 Å². The lowest BCUT2D eigenvalue weighted by Crippen LogP contribution is -2.49. The van der Waals surface area contributed by atoms with Gasteiger partial charge in [0.1, 0.15) is 11.5 Å². The van der Waals surface area contributed by atoms with Crippen LogP contribution in [0.15, 0.2) is 48.5 Å². The van der Waals surface area contributed by atoms with Crippen molar-refractivity contribution in [2.75, 3.05) is 26.8 Å². The van der Waals surface area contributed by atoms with Gasteiger partial charge >= 0.3 is 0 Å². The molecule has 2 aromatic carbocycles. The average molecular weight is 383 g/mol. The quantitative estimate of drug-likeness (QED) is 0.761. The third-order valence-electron chi connectivity index (χ3n) is 5.34. The summed E-state index contributed by atoms with van der Waals surface area (Å²) in [6.45, 7) is 7.04. The van der Waals surface area contributed by atoms with Gasteiger partial charge in [-0.15, -0.1) is 0 Å². The van der Waals surface area contributed by atoms with Gasteiger partial charge in [0, 0.05) is 25.7 Å². The Morgan fingerprint density at radius 2 is 1.75 bits per heavy atom. The number of nitrogens with zero attached hydrogens (tertiary/aromatic N) is 1. The van der Waals surface area contributed by atoms with Gasteiger partial charge in [-0.1, -0.05) is 38.1 Å². The number of hydrogen-bond donors (Lipinski definition) is 1. The van der Waals surface area contributed by atoms with E-state index in [1.54, 1.807) is 19.2 Å². The maximum atomic E-state index is 12.3. The van der Waals surface area contributed by atoms with Crippen molar-refractivity contribution in [3.05, 3.63) is 59.7 Å². The number of carbonyl (C=O) groups is 1. The minimum Gasteiger partial charge on any atom is -0.497 e. The maximum absolute atomic E-state index is 12.3. The number of carbonyl (C=O) groups excluding carboxylic acids is 1. The number of methoxy groups -OCH3 is 1. The summed E-state index contributed by atoms with van der Waals surface area (Å²) < 4.78 is 10.7. The largest absolute Gasteiger partial charge is 0.497 e. The molecule has 0 radical (unpaired) electrons. The van der Waals surface area contributed by atoms with Crippen LogP contribution in [0.25, 0.3) is 0 Å². The lowest BCUT2D eigenvalue weighted by atomic mass is 9.95. The molecule has 1 aliphatic heterocycles. The van der Waals surface area contributed by atoms with Gasteiger partial charge in [-0.05, 0) is 47.7 Å². The molecule has 1 N–H and O–H groups in total. The summed E-state index contributed by atoms with van der Waals surface area (Å²) in [4.78, 5) is 14.8. The van der Waals surface area contributed by atoms with Crippen LogP contribution in [-0.2, 0) is 17.8 Å². The van der Waals surface area contributed by atoms with Crippen molar-refractivity contribution in [3.8, 4) is 11.5 Å². The van der Waals surface area contributed by atoms with Crippen molar-refractivity contribution < 1.29 is 14.3 Å². The van der Waals surface area contributed by atoms with Crippen LogP contribution in [-0.4, -0.2) is 43.7 Å². The summed E-state index contributed by atoms with van der Waals surface area (Å²) in [5, 5.41) is 3.05. The first-order valence-electron chi connectivity index (χ1n) is 9.91. The Kier molecular flexibility index (Phi) is 6.93. The molecule has 150 valence electrons. The average Bonchev–Trinajstić information content (AvgIpc) is 2.72. The van der Waals surface area contributed by atoms with E-state index in [1.165, 1.54) is 11.1 Å². The van der Waals surface area contributed by atoms with E-state index in [0.717, 1.165) is 25.3 Å².